The lowest BCUT2D eigenvalue weighted by Gasteiger charge is -2.09. The van der Waals surface area contributed by atoms with Gasteiger partial charge >= 0.3 is 5.97 Å². The van der Waals surface area contributed by atoms with Gasteiger partial charge in [0.1, 0.15) is 6.04 Å². The summed E-state index contributed by atoms with van der Waals surface area (Å²) in [7, 11) is 1.68. The van der Waals surface area contributed by atoms with Crippen molar-refractivity contribution in [3.05, 3.63) is 0 Å². The van der Waals surface area contributed by atoms with Crippen molar-refractivity contribution in [2.24, 2.45) is 0 Å². The highest BCUT2D eigenvalue weighted by atomic mass is 127. The van der Waals surface area contributed by atoms with Crippen LogP contribution < -0.4 is 8.85 Å². The maximum Gasteiger partial charge on any atom is 0.320 e. The SMILES string of the molecule is CN[C@H](CCCCNI)C(=O)O. The number of hydrogen-bond donors (Lipinski definition) is 3. The zero-order valence-electron chi connectivity index (χ0n) is 7.14. The van der Waals surface area contributed by atoms with Gasteiger partial charge in [-0.1, -0.05) is 6.42 Å². The van der Waals surface area contributed by atoms with Crippen molar-refractivity contribution >= 4 is 28.8 Å². The van der Waals surface area contributed by atoms with Crippen molar-refractivity contribution in [3.8, 4) is 0 Å². The molecule has 0 spiro atoms. The number of rotatable bonds is 7. The Balaban J connectivity index is 3.38. The van der Waals surface area contributed by atoms with Crippen LogP contribution in [0.5, 0.6) is 0 Å². The van der Waals surface area contributed by atoms with E-state index in [1.54, 1.807) is 7.05 Å². The first-order valence-corrected chi connectivity index (χ1v) is 5.03. The van der Waals surface area contributed by atoms with Crippen molar-refractivity contribution in [1.82, 2.24) is 8.85 Å². The third-order valence-electron chi connectivity index (χ3n) is 1.66. The molecule has 72 valence electrons. The van der Waals surface area contributed by atoms with Crippen LogP contribution in [-0.2, 0) is 4.79 Å². The van der Waals surface area contributed by atoms with Crippen LogP contribution in [0.25, 0.3) is 0 Å². The zero-order valence-corrected chi connectivity index (χ0v) is 9.30. The van der Waals surface area contributed by atoms with E-state index >= 15 is 0 Å². The Bertz CT molecular complexity index is 133. The number of carboxylic acid groups (broad SMARTS) is 1. The molecule has 0 fully saturated rings. The number of aliphatic carboxylic acids is 1. The molecule has 0 rings (SSSR count). The third kappa shape index (κ3) is 5.73. The van der Waals surface area contributed by atoms with Crippen molar-refractivity contribution in [2.75, 3.05) is 13.6 Å². The van der Waals surface area contributed by atoms with Gasteiger partial charge in [0, 0.05) is 29.4 Å². The molecule has 0 heterocycles. The number of hydrogen-bond acceptors (Lipinski definition) is 3. The van der Waals surface area contributed by atoms with E-state index in [1.165, 1.54) is 0 Å². The van der Waals surface area contributed by atoms with Crippen LogP contribution in [0.4, 0.5) is 0 Å². The van der Waals surface area contributed by atoms with Crippen molar-refractivity contribution in [3.63, 3.8) is 0 Å². The molecular formula is C7H15IN2O2. The van der Waals surface area contributed by atoms with Gasteiger partial charge in [0.15, 0.2) is 0 Å². The van der Waals surface area contributed by atoms with Crippen molar-refractivity contribution in [2.45, 2.75) is 25.3 Å². The van der Waals surface area contributed by atoms with Gasteiger partial charge < -0.3 is 10.4 Å². The first-order valence-electron chi connectivity index (χ1n) is 3.96. The van der Waals surface area contributed by atoms with Crippen molar-refractivity contribution < 1.29 is 9.90 Å². The number of halogens is 1. The average molecular weight is 286 g/mol. The minimum Gasteiger partial charge on any atom is -0.480 e. The molecule has 0 aliphatic rings. The van der Waals surface area contributed by atoms with Gasteiger partial charge in [0.2, 0.25) is 0 Å². The normalized spacial score (nSPS) is 12.8. The van der Waals surface area contributed by atoms with E-state index < -0.39 is 5.97 Å². The Morgan fingerprint density at radius 1 is 1.58 bits per heavy atom. The maximum atomic E-state index is 10.5. The lowest BCUT2D eigenvalue weighted by atomic mass is 10.1. The Morgan fingerprint density at radius 2 is 2.25 bits per heavy atom. The van der Waals surface area contributed by atoms with Crippen LogP contribution in [0.2, 0.25) is 0 Å². The Hall–Kier alpha value is 0.120. The molecule has 0 saturated carbocycles. The van der Waals surface area contributed by atoms with Gasteiger partial charge in [-0.3, -0.25) is 8.32 Å². The second kappa shape index (κ2) is 7.75. The van der Waals surface area contributed by atoms with Gasteiger partial charge in [0.25, 0.3) is 0 Å². The van der Waals surface area contributed by atoms with E-state index in [0.29, 0.717) is 6.42 Å². The highest BCUT2D eigenvalue weighted by molar-refractivity contribution is 14.1. The molecule has 0 aromatic heterocycles. The molecule has 1 atom stereocenters. The highest BCUT2D eigenvalue weighted by Gasteiger charge is 2.12. The Kier molecular flexibility index (Phi) is 7.83. The van der Waals surface area contributed by atoms with E-state index in [-0.39, 0.29) is 6.04 Å². The van der Waals surface area contributed by atoms with E-state index in [1.807, 2.05) is 0 Å². The van der Waals surface area contributed by atoms with Gasteiger partial charge in [-0.25, -0.2) is 0 Å². The molecule has 0 aromatic carbocycles. The summed E-state index contributed by atoms with van der Waals surface area (Å²) in [6.45, 7) is 0.941. The minimum absolute atomic E-state index is 0.390. The molecule has 3 N–H and O–H groups in total. The molecule has 0 amide bonds. The fourth-order valence-corrected chi connectivity index (χ4v) is 1.31. The van der Waals surface area contributed by atoms with Crippen LogP contribution in [0.1, 0.15) is 19.3 Å². The van der Waals surface area contributed by atoms with Gasteiger partial charge in [-0.15, -0.1) is 0 Å². The van der Waals surface area contributed by atoms with Crippen molar-refractivity contribution in [1.29, 1.82) is 0 Å². The summed E-state index contributed by atoms with van der Waals surface area (Å²) in [4.78, 5) is 10.5. The van der Waals surface area contributed by atoms with E-state index in [9.17, 15) is 4.79 Å². The van der Waals surface area contributed by atoms with E-state index in [4.69, 9.17) is 5.11 Å². The monoisotopic (exact) mass is 286 g/mol. The highest BCUT2D eigenvalue weighted by Crippen LogP contribution is 2.00. The smallest absolute Gasteiger partial charge is 0.320 e. The number of likely N-dealkylation sites (N-methyl/N-ethyl adjacent to an activating group) is 1. The Labute approximate surface area is 86.6 Å². The maximum absolute atomic E-state index is 10.5. The van der Waals surface area contributed by atoms with Crippen LogP contribution in [-0.4, -0.2) is 30.7 Å². The van der Waals surface area contributed by atoms with Gasteiger partial charge in [-0.05, 0) is 19.9 Å². The molecule has 0 bridgehead atoms. The number of carbonyl (C=O) groups is 1. The molecular weight excluding hydrogens is 271 g/mol. The summed E-state index contributed by atoms with van der Waals surface area (Å²) in [5.41, 5.74) is 0. The van der Waals surface area contributed by atoms with Gasteiger partial charge in [-0.2, -0.15) is 0 Å². The van der Waals surface area contributed by atoms with Crippen LogP contribution in [0.3, 0.4) is 0 Å². The summed E-state index contributed by atoms with van der Waals surface area (Å²) in [6, 6.07) is -0.390. The quantitative estimate of drug-likeness (QED) is 0.367. The molecule has 5 heteroatoms. The molecule has 0 radical (unpaired) electrons. The predicted octanol–water partition coefficient (Wildman–Crippen LogP) is 0.769. The topological polar surface area (TPSA) is 61.4 Å². The van der Waals surface area contributed by atoms with Crippen LogP contribution in [0, 0.1) is 0 Å². The summed E-state index contributed by atoms with van der Waals surface area (Å²) < 4.78 is 2.99. The molecule has 12 heavy (non-hydrogen) atoms. The van der Waals surface area contributed by atoms with E-state index in [0.717, 1.165) is 19.4 Å². The van der Waals surface area contributed by atoms with Gasteiger partial charge in [0.05, 0.1) is 0 Å². The third-order valence-corrected chi connectivity index (χ3v) is 2.20. The largest absolute Gasteiger partial charge is 0.480 e. The lowest BCUT2D eigenvalue weighted by molar-refractivity contribution is -0.139. The molecule has 0 unspecified atom stereocenters. The fourth-order valence-electron chi connectivity index (χ4n) is 0.932. The number of carboxylic acids is 1. The standard InChI is InChI=1S/C7H15IN2O2/c1-9-6(7(11)12)4-2-3-5-10-8/h6,9-10H,2-5H2,1H3,(H,11,12)/t6-/m1/s1. The number of unbranched alkanes of at least 4 members (excludes halogenated alkanes) is 1. The minimum atomic E-state index is -0.764. The molecule has 0 aliphatic carbocycles. The zero-order chi connectivity index (χ0) is 9.40. The Morgan fingerprint density at radius 3 is 2.67 bits per heavy atom. The second-order valence-corrected chi connectivity index (χ2v) is 3.32. The van der Waals surface area contributed by atoms with E-state index in [2.05, 4.69) is 31.7 Å². The summed E-state index contributed by atoms with van der Waals surface area (Å²) in [5, 5.41) is 11.4. The van der Waals surface area contributed by atoms with Crippen LogP contribution >= 0.6 is 22.9 Å². The second-order valence-electron chi connectivity index (χ2n) is 2.56. The predicted molar refractivity (Wildman–Crippen MR) is 56.4 cm³/mol. The molecule has 0 saturated heterocycles. The molecule has 0 aliphatic heterocycles. The number of nitrogens with one attached hydrogen (secondary N) is 2. The molecule has 4 nitrogen and oxygen atoms in total. The first kappa shape index (κ1) is 12.1. The fraction of sp³-hybridized carbons (Fsp3) is 0.857. The first-order chi connectivity index (χ1) is 5.72. The molecule has 0 aromatic rings. The summed E-state index contributed by atoms with van der Waals surface area (Å²) in [6.07, 6.45) is 2.66. The van der Waals surface area contributed by atoms with Crippen LogP contribution in [0.15, 0.2) is 0 Å². The average Bonchev–Trinajstić information content (AvgIpc) is 2.04. The summed E-state index contributed by atoms with van der Waals surface area (Å²) in [5.74, 6) is -0.764. The lowest BCUT2D eigenvalue weighted by Crippen LogP contribution is -2.33. The summed E-state index contributed by atoms with van der Waals surface area (Å²) >= 11 is 2.09.